The largest absolute Gasteiger partial charge is 0.490 e. The SMILES string of the molecule is CCCCOc1ccc(CCC(=O)Nc2cccc(C)c2C)cc1OCC. The topological polar surface area (TPSA) is 47.6 Å². The van der Waals surface area contributed by atoms with E-state index < -0.39 is 0 Å². The van der Waals surface area contributed by atoms with Crippen LogP contribution in [0.1, 0.15) is 49.8 Å². The fraction of sp³-hybridized carbons (Fsp3) is 0.435. The average molecular weight is 370 g/mol. The number of carbonyl (C=O) groups excluding carboxylic acids is 1. The Bertz CT molecular complexity index is 755. The van der Waals surface area contributed by atoms with Gasteiger partial charge in [0.15, 0.2) is 11.5 Å². The Balaban J connectivity index is 1.96. The van der Waals surface area contributed by atoms with Crippen LogP contribution < -0.4 is 14.8 Å². The van der Waals surface area contributed by atoms with Crippen LogP contribution in [-0.2, 0) is 11.2 Å². The van der Waals surface area contributed by atoms with Crippen LogP contribution in [0.2, 0.25) is 0 Å². The van der Waals surface area contributed by atoms with Crippen molar-refractivity contribution in [2.75, 3.05) is 18.5 Å². The highest BCUT2D eigenvalue weighted by atomic mass is 16.5. The molecule has 0 atom stereocenters. The van der Waals surface area contributed by atoms with Gasteiger partial charge in [-0.25, -0.2) is 0 Å². The van der Waals surface area contributed by atoms with Crippen molar-refractivity contribution in [1.29, 1.82) is 0 Å². The summed E-state index contributed by atoms with van der Waals surface area (Å²) in [6, 6.07) is 11.9. The van der Waals surface area contributed by atoms with Gasteiger partial charge in [0.2, 0.25) is 5.91 Å². The molecule has 2 aromatic rings. The highest BCUT2D eigenvalue weighted by Gasteiger charge is 2.10. The zero-order valence-corrected chi connectivity index (χ0v) is 16.9. The van der Waals surface area contributed by atoms with Crippen LogP contribution in [0.25, 0.3) is 0 Å². The fourth-order valence-electron chi connectivity index (χ4n) is 2.78. The second-order valence-corrected chi connectivity index (χ2v) is 6.71. The monoisotopic (exact) mass is 369 g/mol. The molecule has 0 aromatic heterocycles. The number of ether oxygens (including phenoxy) is 2. The van der Waals surface area contributed by atoms with Gasteiger partial charge in [0.25, 0.3) is 0 Å². The minimum absolute atomic E-state index is 0.0185. The smallest absolute Gasteiger partial charge is 0.224 e. The lowest BCUT2D eigenvalue weighted by Gasteiger charge is -2.14. The van der Waals surface area contributed by atoms with Gasteiger partial charge in [-0.1, -0.05) is 31.5 Å². The van der Waals surface area contributed by atoms with Gasteiger partial charge in [0.1, 0.15) is 0 Å². The Morgan fingerprint density at radius 3 is 2.59 bits per heavy atom. The number of anilines is 1. The van der Waals surface area contributed by atoms with Crippen molar-refractivity contribution in [2.24, 2.45) is 0 Å². The standard InChI is InChI=1S/C23H31NO3/c1-5-7-15-27-21-13-11-19(16-22(21)26-6-2)12-14-23(25)24-20-10-8-9-17(3)18(20)4/h8-11,13,16H,5-7,12,14-15H2,1-4H3,(H,24,25). The quantitative estimate of drug-likeness (QED) is 0.566. The van der Waals surface area contributed by atoms with Crippen molar-refractivity contribution in [3.63, 3.8) is 0 Å². The van der Waals surface area contributed by atoms with Gasteiger partial charge in [0, 0.05) is 12.1 Å². The third-order valence-electron chi connectivity index (χ3n) is 4.58. The zero-order chi connectivity index (χ0) is 19.6. The molecule has 0 fully saturated rings. The summed E-state index contributed by atoms with van der Waals surface area (Å²) in [5.41, 5.74) is 4.23. The number of aryl methyl sites for hydroxylation is 2. The fourth-order valence-corrected chi connectivity index (χ4v) is 2.78. The minimum Gasteiger partial charge on any atom is -0.490 e. The summed E-state index contributed by atoms with van der Waals surface area (Å²) in [4.78, 5) is 12.3. The number of hydrogen-bond acceptors (Lipinski definition) is 3. The van der Waals surface area contributed by atoms with E-state index in [0.29, 0.717) is 26.1 Å². The maximum absolute atomic E-state index is 12.3. The summed E-state index contributed by atoms with van der Waals surface area (Å²) < 4.78 is 11.5. The zero-order valence-electron chi connectivity index (χ0n) is 16.9. The van der Waals surface area contributed by atoms with Crippen molar-refractivity contribution in [3.05, 3.63) is 53.1 Å². The van der Waals surface area contributed by atoms with Crippen molar-refractivity contribution >= 4 is 11.6 Å². The molecule has 0 spiro atoms. The highest BCUT2D eigenvalue weighted by molar-refractivity contribution is 5.91. The van der Waals surface area contributed by atoms with Crippen LogP contribution in [0.5, 0.6) is 11.5 Å². The first-order chi connectivity index (χ1) is 13.0. The van der Waals surface area contributed by atoms with Gasteiger partial charge in [-0.3, -0.25) is 4.79 Å². The predicted molar refractivity (Wildman–Crippen MR) is 111 cm³/mol. The summed E-state index contributed by atoms with van der Waals surface area (Å²) in [7, 11) is 0. The van der Waals surface area contributed by atoms with E-state index in [1.165, 1.54) is 5.56 Å². The molecule has 0 saturated carbocycles. The van der Waals surface area contributed by atoms with E-state index in [-0.39, 0.29) is 5.91 Å². The number of nitrogens with one attached hydrogen (secondary N) is 1. The molecule has 0 radical (unpaired) electrons. The number of amides is 1. The van der Waals surface area contributed by atoms with Crippen molar-refractivity contribution in [3.8, 4) is 11.5 Å². The molecule has 4 nitrogen and oxygen atoms in total. The second kappa shape index (κ2) is 10.6. The lowest BCUT2D eigenvalue weighted by molar-refractivity contribution is -0.116. The summed E-state index contributed by atoms with van der Waals surface area (Å²) in [5.74, 6) is 1.54. The molecule has 146 valence electrons. The third-order valence-corrected chi connectivity index (χ3v) is 4.58. The van der Waals surface area contributed by atoms with E-state index in [0.717, 1.165) is 41.2 Å². The molecule has 1 amide bonds. The molecule has 27 heavy (non-hydrogen) atoms. The summed E-state index contributed by atoms with van der Waals surface area (Å²) in [5, 5.41) is 3.01. The molecule has 0 heterocycles. The summed E-state index contributed by atoms with van der Waals surface area (Å²) in [6.07, 6.45) is 3.20. The van der Waals surface area contributed by atoms with Gasteiger partial charge < -0.3 is 14.8 Å². The molecule has 0 unspecified atom stereocenters. The molecule has 2 rings (SSSR count). The molecular formula is C23H31NO3. The Labute approximate surface area is 162 Å². The van der Waals surface area contributed by atoms with Crippen LogP contribution in [0.4, 0.5) is 5.69 Å². The normalized spacial score (nSPS) is 10.5. The summed E-state index contributed by atoms with van der Waals surface area (Å²) >= 11 is 0. The van der Waals surface area contributed by atoms with Gasteiger partial charge >= 0.3 is 0 Å². The molecule has 0 aliphatic carbocycles. The first kappa shape index (κ1) is 20.8. The number of unbranched alkanes of at least 4 members (excludes halogenated alkanes) is 1. The average Bonchev–Trinajstić information content (AvgIpc) is 2.65. The van der Waals surface area contributed by atoms with Crippen molar-refractivity contribution in [1.82, 2.24) is 0 Å². The lowest BCUT2D eigenvalue weighted by Crippen LogP contribution is -2.13. The van der Waals surface area contributed by atoms with Crippen molar-refractivity contribution < 1.29 is 14.3 Å². The Morgan fingerprint density at radius 2 is 1.85 bits per heavy atom. The first-order valence-electron chi connectivity index (χ1n) is 9.79. The third kappa shape index (κ3) is 6.31. The predicted octanol–water partition coefficient (Wildman–Crippen LogP) is 5.45. The Kier molecular flexibility index (Phi) is 8.18. The molecule has 2 aromatic carbocycles. The van der Waals surface area contributed by atoms with Gasteiger partial charge in [-0.15, -0.1) is 0 Å². The molecule has 4 heteroatoms. The minimum atomic E-state index is 0.0185. The van der Waals surface area contributed by atoms with E-state index in [2.05, 4.69) is 12.2 Å². The maximum atomic E-state index is 12.3. The van der Waals surface area contributed by atoms with Gasteiger partial charge in [-0.2, -0.15) is 0 Å². The molecule has 1 N–H and O–H groups in total. The molecule has 0 saturated heterocycles. The number of benzene rings is 2. The van der Waals surface area contributed by atoms with E-state index >= 15 is 0 Å². The van der Waals surface area contributed by atoms with Crippen LogP contribution in [-0.4, -0.2) is 19.1 Å². The molecule has 0 aliphatic rings. The number of hydrogen-bond donors (Lipinski definition) is 1. The Morgan fingerprint density at radius 1 is 1.04 bits per heavy atom. The lowest BCUT2D eigenvalue weighted by atomic mass is 10.1. The van der Waals surface area contributed by atoms with E-state index in [4.69, 9.17) is 9.47 Å². The Hall–Kier alpha value is -2.49. The van der Waals surface area contributed by atoms with Crippen LogP contribution in [0.3, 0.4) is 0 Å². The van der Waals surface area contributed by atoms with E-state index in [1.807, 2.05) is 57.2 Å². The van der Waals surface area contributed by atoms with Gasteiger partial charge in [0.05, 0.1) is 13.2 Å². The van der Waals surface area contributed by atoms with Crippen LogP contribution >= 0.6 is 0 Å². The highest BCUT2D eigenvalue weighted by Crippen LogP contribution is 2.29. The summed E-state index contributed by atoms with van der Waals surface area (Å²) in [6.45, 7) is 9.44. The van der Waals surface area contributed by atoms with Crippen LogP contribution in [0.15, 0.2) is 36.4 Å². The van der Waals surface area contributed by atoms with Gasteiger partial charge in [-0.05, 0) is 68.5 Å². The number of carbonyl (C=O) groups is 1. The number of rotatable bonds is 10. The van der Waals surface area contributed by atoms with E-state index in [1.54, 1.807) is 0 Å². The van der Waals surface area contributed by atoms with E-state index in [9.17, 15) is 4.79 Å². The molecule has 0 bridgehead atoms. The molecule has 0 aliphatic heterocycles. The first-order valence-corrected chi connectivity index (χ1v) is 9.79. The van der Waals surface area contributed by atoms with Crippen LogP contribution in [0, 0.1) is 13.8 Å². The van der Waals surface area contributed by atoms with Crippen molar-refractivity contribution in [2.45, 2.75) is 53.4 Å². The molecular weight excluding hydrogens is 338 g/mol. The maximum Gasteiger partial charge on any atom is 0.224 e. The second-order valence-electron chi connectivity index (χ2n) is 6.71.